The second-order valence-electron chi connectivity index (χ2n) is 11.2. The van der Waals surface area contributed by atoms with Gasteiger partial charge in [-0.3, -0.25) is 9.59 Å². The highest BCUT2D eigenvalue weighted by Gasteiger charge is 2.56. The van der Waals surface area contributed by atoms with E-state index in [9.17, 15) is 9.59 Å². The van der Waals surface area contributed by atoms with Crippen LogP contribution in [0.2, 0.25) is 0 Å². The number of fused-ring (bicyclic) bond motifs is 5. The van der Waals surface area contributed by atoms with Crippen molar-refractivity contribution in [2.45, 2.75) is 58.9 Å². The lowest BCUT2D eigenvalue weighted by Crippen LogP contribution is -2.67. The van der Waals surface area contributed by atoms with Gasteiger partial charge in [0.25, 0.3) is 5.91 Å². The number of carbonyl (C=O) groups excluding carboxylic acids is 2. The molecule has 0 spiro atoms. The summed E-state index contributed by atoms with van der Waals surface area (Å²) in [4.78, 5) is 37.6. The Kier molecular flexibility index (Phi) is 8.59. The molecule has 1 N–H and O–H groups in total. The lowest BCUT2D eigenvalue weighted by atomic mass is 9.76. The third-order valence-corrected chi connectivity index (χ3v) is 8.75. The number of aromatic amines is 1. The highest BCUT2D eigenvalue weighted by molar-refractivity contribution is 6.01. The first-order valence-electron chi connectivity index (χ1n) is 15.2. The van der Waals surface area contributed by atoms with Gasteiger partial charge < -0.3 is 29.2 Å². The number of ether oxygens (including phenoxy) is 2. The molecule has 3 aromatic rings. The molecule has 2 amide bonds. The van der Waals surface area contributed by atoms with Gasteiger partial charge in [-0.25, -0.2) is 0 Å². The van der Waals surface area contributed by atoms with E-state index in [1.807, 2.05) is 44.2 Å². The molecule has 8 heteroatoms. The van der Waals surface area contributed by atoms with Gasteiger partial charge in [0.15, 0.2) is 17.0 Å². The minimum absolute atomic E-state index is 0.0128. The average molecular weight is 561 g/mol. The summed E-state index contributed by atoms with van der Waals surface area (Å²) in [7, 11) is 0. The SMILES string of the molecule is CCCOc1ccc(C2CN3C(=O)CN(CCCN(CC)CC)C(=O)C3(C)c3[nH]c4ccccc4c32)cc1OCC. The molecule has 2 unspecified atom stereocenters. The van der Waals surface area contributed by atoms with E-state index in [0.717, 1.165) is 65.9 Å². The van der Waals surface area contributed by atoms with Crippen LogP contribution >= 0.6 is 0 Å². The van der Waals surface area contributed by atoms with Gasteiger partial charge in [0.05, 0.1) is 25.5 Å². The van der Waals surface area contributed by atoms with Crippen LogP contribution in [-0.4, -0.2) is 84.0 Å². The first-order valence-corrected chi connectivity index (χ1v) is 15.2. The topological polar surface area (TPSA) is 78.1 Å². The molecule has 1 fully saturated rings. The molecule has 2 aliphatic rings. The van der Waals surface area contributed by atoms with Crippen molar-refractivity contribution >= 4 is 22.7 Å². The number of piperazine rings is 1. The van der Waals surface area contributed by atoms with E-state index in [2.05, 4.69) is 42.8 Å². The van der Waals surface area contributed by atoms with Gasteiger partial charge in [-0.1, -0.05) is 45.0 Å². The standard InChI is InChI=1S/C33H44N4O4/c1-6-19-41-27-16-15-23(20-28(27)40-9-4)25-21-37-29(38)22-36(18-12-17-35(7-2)8-3)32(39)33(37,5)31-30(25)24-13-10-11-14-26(24)34-31/h10-11,13-16,20,25,34H,6-9,12,17-19,21-22H2,1-5H3. The number of rotatable bonds is 12. The number of nitrogens with one attached hydrogen (secondary N) is 1. The molecule has 3 heterocycles. The maximum atomic E-state index is 14.3. The maximum absolute atomic E-state index is 14.3. The summed E-state index contributed by atoms with van der Waals surface area (Å²) in [5.74, 6) is 1.27. The quantitative estimate of drug-likeness (QED) is 0.333. The van der Waals surface area contributed by atoms with Crippen LogP contribution in [0.5, 0.6) is 11.5 Å². The van der Waals surface area contributed by atoms with Crippen molar-refractivity contribution in [1.29, 1.82) is 0 Å². The lowest BCUT2D eigenvalue weighted by molar-refractivity contribution is -0.166. The Bertz CT molecular complexity index is 1400. The van der Waals surface area contributed by atoms with E-state index >= 15 is 0 Å². The Morgan fingerprint density at radius 1 is 1.02 bits per heavy atom. The molecule has 2 aliphatic heterocycles. The Balaban J connectivity index is 1.56. The fourth-order valence-corrected chi connectivity index (χ4v) is 6.52. The van der Waals surface area contributed by atoms with Gasteiger partial charge in [-0.05, 0) is 75.6 Å². The molecule has 8 nitrogen and oxygen atoms in total. The first kappa shape index (κ1) is 29.0. The van der Waals surface area contributed by atoms with E-state index in [-0.39, 0.29) is 24.3 Å². The first-order chi connectivity index (χ1) is 19.9. The lowest BCUT2D eigenvalue weighted by Gasteiger charge is -2.51. The number of nitrogens with zero attached hydrogens (tertiary/aromatic N) is 3. The van der Waals surface area contributed by atoms with Crippen molar-refractivity contribution < 1.29 is 19.1 Å². The summed E-state index contributed by atoms with van der Waals surface area (Å²) in [6, 6.07) is 14.3. The Morgan fingerprint density at radius 3 is 2.54 bits per heavy atom. The number of hydrogen-bond acceptors (Lipinski definition) is 5. The molecular weight excluding hydrogens is 516 g/mol. The van der Waals surface area contributed by atoms with E-state index in [4.69, 9.17) is 9.47 Å². The minimum atomic E-state index is -1.09. The van der Waals surface area contributed by atoms with E-state index in [1.165, 1.54) is 0 Å². The molecule has 0 saturated carbocycles. The normalized spacial score (nSPS) is 20.5. The zero-order chi connectivity index (χ0) is 29.1. The zero-order valence-corrected chi connectivity index (χ0v) is 25.2. The van der Waals surface area contributed by atoms with Gasteiger partial charge in [0, 0.05) is 29.9 Å². The van der Waals surface area contributed by atoms with Crippen LogP contribution < -0.4 is 9.47 Å². The number of carbonyl (C=O) groups is 2. The smallest absolute Gasteiger partial charge is 0.254 e. The van der Waals surface area contributed by atoms with Crippen LogP contribution in [0.25, 0.3) is 10.9 Å². The molecule has 1 aromatic heterocycles. The molecule has 220 valence electrons. The predicted octanol–water partition coefficient (Wildman–Crippen LogP) is 5.12. The molecule has 2 atom stereocenters. The van der Waals surface area contributed by atoms with Gasteiger partial charge in [-0.2, -0.15) is 0 Å². The number of aromatic nitrogens is 1. The second kappa shape index (κ2) is 12.1. The Morgan fingerprint density at radius 2 is 1.80 bits per heavy atom. The summed E-state index contributed by atoms with van der Waals surface area (Å²) in [5, 5.41) is 1.08. The summed E-state index contributed by atoms with van der Waals surface area (Å²) >= 11 is 0. The van der Waals surface area contributed by atoms with E-state index < -0.39 is 5.54 Å². The summed E-state index contributed by atoms with van der Waals surface area (Å²) in [5.41, 5.74) is 2.80. The average Bonchev–Trinajstić information content (AvgIpc) is 3.38. The molecule has 0 aliphatic carbocycles. The zero-order valence-electron chi connectivity index (χ0n) is 25.2. The molecule has 1 saturated heterocycles. The fraction of sp³-hybridized carbons (Fsp3) is 0.515. The molecule has 2 aromatic carbocycles. The van der Waals surface area contributed by atoms with Crippen molar-refractivity contribution in [3.63, 3.8) is 0 Å². The van der Waals surface area contributed by atoms with Crippen LogP contribution in [0, 0.1) is 0 Å². The molecule has 5 rings (SSSR count). The minimum Gasteiger partial charge on any atom is -0.490 e. The number of amides is 2. The Hall–Kier alpha value is -3.52. The van der Waals surface area contributed by atoms with Gasteiger partial charge in [0.2, 0.25) is 5.91 Å². The van der Waals surface area contributed by atoms with Crippen molar-refractivity contribution in [2.24, 2.45) is 0 Å². The van der Waals surface area contributed by atoms with E-state index in [0.29, 0.717) is 32.1 Å². The van der Waals surface area contributed by atoms with Crippen molar-refractivity contribution in [1.82, 2.24) is 19.7 Å². The van der Waals surface area contributed by atoms with Crippen molar-refractivity contribution in [2.75, 3.05) is 52.5 Å². The summed E-state index contributed by atoms with van der Waals surface area (Å²) in [6.07, 6.45) is 1.75. The Labute approximate surface area is 243 Å². The van der Waals surface area contributed by atoms with Gasteiger partial charge in [-0.15, -0.1) is 0 Å². The largest absolute Gasteiger partial charge is 0.490 e. The highest BCUT2D eigenvalue weighted by atomic mass is 16.5. The summed E-state index contributed by atoms with van der Waals surface area (Å²) < 4.78 is 12.0. The third-order valence-electron chi connectivity index (χ3n) is 8.75. The second-order valence-corrected chi connectivity index (χ2v) is 11.2. The number of H-pyrrole nitrogens is 1. The highest BCUT2D eigenvalue weighted by Crippen LogP contribution is 2.49. The fourth-order valence-electron chi connectivity index (χ4n) is 6.52. The molecular formula is C33H44N4O4. The van der Waals surface area contributed by atoms with Crippen molar-refractivity contribution in [3.8, 4) is 11.5 Å². The van der Waals surface area contributed by atoms with E-state index in [1.54, 1.807) is 9.80 Å². The molecule has 0 bridgehead atoms. The predicted molar refractivity (Wildman–Crippen MR) is 162 cm³/mol. The summed E-state index contributed by atoms with van der Waals surface area (Å²) in [6.45, 7) is 15.4. The van der Waals surface area contributed by atoms with Crippen LogP contribution in [0.15, 0.2) is 42.5 Å². The maximum Gasteiger partial charge on any atom is 0.254 e. The van der Waals surface area contributed by atoms with Crippen LogP contribution in [0.1, 0.15) is 70.2 Å². The monoisotopic (exact) mass is 560 g/mol. The van der Waals surface area contributed by atoms with Crippen molar-refractivity contribution in [3.05, 3.63) is 59.3 Å². The van der Waals surface area contributed by atoms with Crippen LogP contribution in [0.3, 0.4) is 0 Å². The molecule has 0 radical (unpaired) electrons. The van der Waals surface area contributed by atoms with Gasteiger partial charge >= 0.3 is 0 Å². The van der Waals surface area contributed by atoms with Crippen LogP contribution in [-0.2, 0) is 15.1 Å². The number of benzene rings is 2. The third kappa shape index (κ3) is 5.18. The molecule has 41 heavy (non-hydrogen) atoms. The van der Waals surface area contributed by atoms with Crippen LogP contribution in [0.4, 0.5) is 0 Å². The van der Waals surface area contributed by atoms with Gasteiger partial charge in [0.1, 0.15) is 0 Å². The number of para-hydroxylation sites is 1. The number of hydrogen-bond donors (Lipinski definition) is 1.